The Balaban J connectivity index is 3.04. The molecule has 0 aliphatic rings. The zero-order valence-corrected chi connectivity index (χ0v) is 21.6. The number of hydrogen-bond donors (Lipinski definition) is 1. The lowest BCUT2D eigenvalue weighted by Gasteiger charge is -2.25. The van der Waals surface area contributed by atoms with Crippen LogP contribution in [0.3, 0.4) is 0 Å². The molecule has 12 heteroatoms. The standard InChI is InChI=1S/C21H33N2O8PS/c1-7-29-19(24)18(14-15(2)3)22-32(28,30-12-13-33-20(25)21(4,5)6)31-17-10-8-16(9-11-17)23(26)27/h8-11,15,18H,7,12-14H2,1-6H3,(H,22,28)/t18-,32?/m0/s1. The van der Waals surface area contributed by atoms with E-state index in [0.717, 1.165) is 11.8 Å². The van der Waals surface area contributed by atoms with Gasteiger partial charge in [-0.1, -0.05) is 46.4 Å². The summed E-state index contributed by atoms with van der Waals surface area (Å²) in [5, 5.41) is 13.5. The van der Waals surface area contributed by atoms with E-state index < -0.39 is 30.1 Å². The first kappa shape index (κ1) is 29.1. The number of carbonyl (C=O) groups excluding carboxylic acids is 2. The molecular formula is C21H33N2O8PS. The van der Waals surface area contributed by atoms with Gasteiger partial charge in [-0.25, -0.2) is 4.57 Å². The van der Waals surface area contributed by atoms with Gasteiger partial charge in [-0.3, -0.25) is 24.2 Å². The van der Waals surface area contributed by atoms with Crippen molar-refractivity contribution >= 4 is 36.3 Å². The molecular weight excluding hydrogens is 471 g/mol. The number of rotatable bonds is 13. The third kappa shape index (κ3) is 10.7. The molecule has 186 valence electrons. The highest BCUT2D eigenvalue weighted by Crippen LogP contribution is 2.45. The number of esters is 1. The highest BCUT2D eigenvalue weighted by atomic mass is 32.2. The molecule has 33 heavy (non-hydrogen) atoms. The maximum Gasteiger partial charge on any atom is 0.459 e. The first-order valence-electron chi connectivity index (χ1n) is 10.6. The van der Waals surface area contributed by atoms with E-state index in [1.165, 1.54) is 24.3 Å². The molecule has 1 N–H and O–H groups in total. The van der Waals surface area contributed by atoms with Crippen molar-refractivity contribution in [3.8, 4) is 5.75 Å². The van der Waals surface area contributed by atoms with Gasteiger partial charge in [0.05, 0.1) is 18.1 Å². The van der Waals surface area contributed by atoms with E-state index in [2.05, 4.69) is 5.09 Å². The second-order valence-electron chi connectivity index (χ2n) is 8.62. The van der Waals surface area contributed by atoms with Crippen LogP contribution in [0.15, 0.2) is 24.3 Å². The number of nitrogens with zero attached hydrogens (tertiary/aromatic N) is 1. The summed E-state index contributed by atoms with van der Waals surface area (Å²) in [6, 6.07) is 4.02. The molecule has 0 radical (unpaired) electrons. The molecule has 1 aromatic rings. The van der Waals surface area contributed by atoms with E-state index >= 15 is 0 Å². The van der Waals surface area contributed by atoms with Crippen molar-refractivity contribution < 1.29 is 32.9 Å². The normalized spacial score (nSPS) is 14.4. The topological polar surface area (TPSA) is 134 Å². The summed E-state index contributed by atoms with van der Waals surface area (Å²) < 4.78 is 29.7. The molecule has 0 fully saturated rings. The minimum absolute atomic E-state index is 0.0469. The SMILES string of the molecule is CCOC(=O)[C@H](CC(C)C)NP(=O)(OCCSC(=O)C(C)(C)C)Oc1ccc([N+](=O)[O-])cc1. The molecule has 0 aromatic heterocycles. The molecule has 1 aromatic carbocycles. The molecule has 0 amide bonds. The molecule has 1 rings (SSSR count). The van der Waals surface area contributed by atoms with Crippen LogP contribution in [0, 0.1) is 21.4 Å². The van der Waals surface area contributed by atoms with Crippen LogP contribution in [0.2, 0.25) is 0 Å². The Hall–Kier alpha value is -1.94. The van der Waals surface area contributed by atoms with Crippen LogP contribution in [0.4, 0.5) is 5.69 Å². The average Bonchev–Trinajstić information content (AvgIpc) is 2.70. The summed E-state index contributed by atoms with van der Waals surface area (Å²) in [6.07, 6.45) is 0.313. The Morgan fingerprint density at radius 1 is 1.21 bits per heavy atom. The summed E-state index contributed by atoms with van der Waals surface area (Å²) in [5.74, 6) is -0.249. The van der Waals surface area contributed by atoms with E-state index in [1.54, 1.807) is 27.7 Å². The van der Waals surface area contributed by atoms with Crippen molar-refractivity contribution in [1.29, 1.82) is 0 Å². The Bertz CT molecular complexity index is 855. The fourth-order valence-corrected chi connectivity index (χ4v) is 4.88. The summed E-state index contributed by atoms with van der Waals surface area (Å²) in [5.41, 5.74) is -0.693. The average molecular weight is 505 g/mol. The van der Waals surface area contributed by atoms with E-state index in [1.807, 2.05) is 13.8 Å². The lowest BCUT2D eigenvalue weighted by atomic mass is 10.00. The van der Waals surface area contributed by atoms with Crippen molar-refractivity contribution in [1.82, 2.24) is 5.09 Å². The molecule has 0 saturated carbocycles. The summed E-state index contributed by atoms with van der Waals surface area (Å²) in [4.78, 5) is 34.8. The predicted octanol–water partition coefficient (Wildman–Crippen LogP) is 4.97. The molecule has 0 aliphatic carbocycles. The van der Waals surface area contributed by atoms with E-state index in [0.29, 0.717) is 6.42 Å². The number of carbonyl (C=O) groups is 2. The van der Waals surface area contributed by atoms with Gasteiger partial charge in [-0.2, -0.15) is 5.09 Å². The third-order valence-corrected chi connectivity index (χ3v) is 6.90. The Kier molecular flexibility index (Phi) is 11.5. The van der Waals surface area contributed by atoms with Crippen molar-refractivity contribution in [3.05, 3.63) is 34.4 Å². The summed E-state index contributed by atoms with van der Waals surface area (Å²) in [6.45, 7) is 10.9. The quantitative estimate of drug-likeness (QED) is 0.129. The fraction of sp³-hybridized carbons (Fsp3) is 0.619. The van der Waals surface area contributed by atoms with Crippen LogP contribution in [-0.4, -0.2) is 41.0 Å². The van der Waals surface area contributed by atoms with Crippen LogP contribution < -0.4 is 9.61 Å². The van der Waals surface area contributed by atoms with Gasteiger partial charge in [0.2, 0.25) is 0 Å². The molecule has 2 atom stereocenters. The van der Waals surface area contributed by atoms with Crippen molar-refractivity contribution in [2.45, 2.75) is 54.0 Å². The van der Waals surface area contributed by atoms with Gasteiger partial charge >= 0.3 is 13.7 Å². The number of ether oxygens (including phenoxy) is 1. The zero-order valence-electron chi connectivity index (χ0n) is 19.9. The Morgan fingerprint density at radius 2 is 1.82 bits per heavy atom. The maximum atomic E-state index is 13.6. The largest absolute Gasteiger partial charge is 0.465 e. The lowest BCUT2D eigenvalue weighted by Crippen LogP contribution is -2.38. The number of benzene rings is 1. The van der Waals surface area contributed by atoms with E-state index in [9.17, 15) is 24.3 Å². The second-order valence-corrected chi connectivity index (χ2v) is 11.4. The van der Waals surface area contributed by atoms with Crippen LogP contribution in [0.1, 0.15) is 48.0 Å². The molecule has 0 spiro atoms. The molecule has 0 bridgehead atoms. The van der Waals surface area contributed by atoms with Crippen LogP contribution >= 0.6 is 19.5 Å². The van der Waals surface area contributed by atoms with Gasteiger partial charge in [0.15, 0.2) is 5.12 Å². The van der Waals surface area contributed by atoms with E-state index in [-0.39, 0.29) is 41.4 Å². The highest BCUT2D eigenvalue weighted by Gasteiger charge is 2.35. The molecule has 0 aliphatic heterocycles. The van der Waals surface area contributed by atoms with Gasteiger partial charge in [0, 0.05) is 23.3 Å². The number of nitro benzene ring substituents is 1. The van der Waals surface area contributed by atoms with Crippen LogP contribution in [0.5, 0.6) is 5.75 Å². The minimum Gasteiger partial charge on any atom is -0.465 e. The maximum absolute atomic E-state index is 13.6. The van der Waals surface area contributed by atoms with Crippen LogP contribution in [-0.2, 0) is 23.4 Å². The van der Waals surface area contributed by atoms with Crippen LogP contribution in [0.25, 0.3) is 0 Å². The van der Waals surface area contributed by atoms with Crippen molar-refractivity contribution in [2.24, 2.45) is 11.3 Å². The minimum atomic E-state index is -4.12. The van der Waals surface area contributed by atoms with Gasteiger partial charge < -0.3 is 9.26 Å². The summed E-state index contributed by atoms with van der Waals surface area (Å²) in [7, 11) is -4.12. The smallest absolute Gasteiger partial charge is 0.459 e. The lowest BCUT2D eigenvalue weighted by molar-refractivity contribution is -0.384. The number of non-ortho nitro benzene ring substituents is 1. The Morgan fingerprint density at radius 3 is 2.30 bits per heavy atom. The molecule has 10 nitrogen and oxygen atoms in total. The monoisotopic (exact) mass is 504 g/mol. The zero-order chi connectivity index (χ0) is 25.2. The highest BCUT2D eigenvalue weighted by molar-refractivity contribution is 8.13. The third-order valence-electron chi connectivity index (χ3n) is 4.06. The second kappa shape index (κ2) is 13.1. The number of thioether (sulfide) groups is 1. The van der Waals surface area contributed by atoms with Gasteiger partial charge in [0.1, 0.15) is 11.8 Å². The van der Waals surface area contributed by atoms with Gasteiger partial charge in [-0.05, 0) is 31.4 Å². The summed E-state index contributed by atoms with van der Waals surface area (Å²) >= 11 is 1.04. The number of hydrogen-bond acceptors (Lipinski definition) is 9. The molecule has 0 saturated heterocycles. The molecule has 1 unspecified atom stereocenters. The predicted molar refractivity (Wildman–Crippen MR) is 127 cm³/mol. The number of nitro groups is 1. The van der Waals surface area contributed by atoms with Gasteiger partial charge in [-0.15, -0.1) is 0 Å². The Labute approximate surface area is 198 Å². The van der Waals surface area contributed by atoms with E-state index in [4.69, 9.17) is 13.8 Å². The van der Waals surface area contributed by atoms with Crippen molar-refractivity contribution in [2.75, 3.05) is 19.0 Å². The van der Waals surface area contributed by atoms with Gasteiger partial charge in [0.25, 0.3) is 5.69 Å². The first-order chi connectivity index (χ1) is 15.3. The molecule has 0 heterocycles. The first-order valence-corrected chi connectivity index (χ1v) is 13.1. The van der Waals surface area contributed by atoms with Crippen molar-refractivity contribution in [3.63, 3.8) is 0 Å². The number of nitrogens with one attached hydrogen (secondary N) is 1. The fourth-order valence-electron chi connectivity index (χ4n) is 2.47.